The minimum Gasteiger partial charge on any atom is -0.340 e. The summed E-state index contributed by atoms with van der Waals surface area (Å²) in [6.07, 6.45) is -3.20. The molecule has 1 rings (SSSR count). The maximum Gasteiger partial charge on any atom is 0.405 e. The molecule has 0 radical (unpaired) electrons. The van der Waals surface area contributed by atoms with E-state index in [0.29, 0.717) is 0 Å². The lowest BCUT2D eigenvalue weighted by Gasteiger charge is -2.07. The monoisotopic (exact) mass is 208 g/mol. The number of carbonyl (C=O) groups excluding carboxylic acids is 1. The topological polar surface area (TPSA) is 59.8 Å². The average Bonchev–Trinajstić information content (AvgIpc) is 2.46. The third-order valence-corrected chi connectivity index (χ3v) is 1.36. The summed E-state index contributed by atoms with van der Waals surface area (Å²) in [5.41, 5.74) is 0. The molecule has 78 valence electrons. The number of hydrogen-bond donors (Lipinski definition) is 1. The summed E-state index contributed by atoms with van der Waals surface area (Å²) in [7, 11) is 1.46. The molecular formula is C6H7F3N4O. The van der Waals surface area contributed by atoms with Crippen LogP contribution in [0.5, 0.6) is 0 Å². The molecule has 0 unspecified atom stereocenters. The molecule has 0 atom stereocenters. The number of nitrogens with one attached hydrogen (secondary N) is 1. The molecule has 0 saturated carbocycles. The molecule has 0 aliphatic carbocycles. The number of rotatable bonds is 2. The minimum atomic E-state index is -4.42. The number of nitrogens with zero attached hydrogens (tertiary/aromatic N) is 3. The van der Waals surface area contributed by atoms with Crippen LogP contribution in [0, 0.1) is 0 Å². The van der Waals surface area contributed by atoms with Crippen LogP contribution in [0.15, 0.2) is 6.33 Å². The van der Waals surface area contributed by atoms with Gasteiger partial charge in [-0.15, -0.1) is 10.2 Å². The van der Waals surface area contributed by atoms with Crippen molar-refractivity contribution < 1.29 is 18.0 Å². The SMILES string of the molecule is Cn1cnnc1C(=O)NCC(F)(F)F. The zero-order valence-electron chi connectivity index (χ0n) is 7.17. The molecule has 0 fully saturated rings. The predicted octanol–water partition coefficient (Wildman–Crippen LogP) is 0.107. The molecule has 0 aliphatic rings. The first-order valence-corrected chi connectivity index (χ1v) is 3.59. The normalized spacial score (nSPS) is 11.4. The van der Waals surface area contributed by atoms with Crippen LogP contribution in [0.2, 0.25) is 0 Å². The summed E-state index contributed by atoms with van der Waals surface area (Å²) in [4.78, 5) is 11.0. The van der Waals surface area contributed by atoms with Crippen LogP contribution in [0.1, 0.15) is 10.6 Å². The van der Waals surface area contributed by atoms with Gasteiger partial charge in [-0.25, -0.2) is 0 Å². The number of amides is 1. The number of aromatic nitrogens is 3. The molecule has 0 bridgehead atoms. The Morgan fingerprint density at radius 2 is 2.29 bits per heavy atom. The largest absolute Gasteiger partial charge is 0.405 e. The van der Waals surface area contributed by atoms with E-state index in [1.165, 1.54) is 17.9 Å². The van der Waals surface area contributed by atoms with Crippen molar-refractivity contribution in [1.82, 2.24) is 20.1 Å². The number of halogens is 3. The molecule has 1 N–H and O–H groups in total. The van der Waals surface area contributed by atoms with E-state index in [1.54, 1.807) is 5.32 Å². The Kier molecular flexibility index (Phi) is 2.73. The fourth-order valence-electron chi connectivity index (χ4n) is 0.748. The molecule has 5 nitrogen and oxygen atoms in total. The summed E-state index contributed by atoms with van der Waals surface area (Å²) in [6, 6.07) is 0. The van der Waals surface area contributed by atoms with Gasteiger partial charge in [0.1, 0.15) is 12.9 Å². The zero-order valence-corrected chi connectivity index (χ0v) is 7.17. The van der Waals surface area contributed by atoms with Crippen LogP contribution in [-0.4, -0.2) is 33.4 Å². The van der Waals surface area contributed by atoms with Crippen molar-refractivity contribution in [2.45, 2.75) is 6.18 Å². The van der Waals surface area contributed by atoms with Gasteiger partial charge in [-0.3, -0.25) is 4.79 Å². The van der Waals surface area contributed by atoms with E-state index >= 15 is 0 Å². The van der Waals surface area contributed by atoms with Crippen molar-refractivity contribution in [3.63, 3.8) is 0 Å². The van der Waals surface area contributed by atoms with E-state index in [1.807, 2.05) is 0 Å². The summed E-state index contributed by atoms with van der Waals surface area (Å²) < 4.78 is 36.3. The summed E-state index contributed by atoms with van der Waals surface area (Å²) in [6.45, 7) is -1.38. The maximum atomic E-state index is 11.7. The average molecular weight is 208 g/mol. The first kappa shape index (κ1) is 10.5. The molecule has 0 aromatic carbocycles. The third kappa shape index (κ3) is 2.71. The van der Waals surface area contributed by atoms with Gasteiger partial charge < -0.3 is 9.88 Å². The van der Waals surface area contributed by atoms with Gasteiger partial charge in [-0.1, -0.05) is 0 Å². The molecule has 1 heterocycles. The maximum absolute atomic E-state index is 11.7. The summed E-state index contributed by atoms with van der Waals surface area (Å²) in [5, 5.41) is 8.39. The van der Waals surface area contributed by atoms with E-state index in [-0.39, 0.29) is 5.82 Å². The molecule has 8 heteroatoms. The second kappa shape index (κ2) is 3.64. The third-order valence-electron chi connectivity index (χ3n) is 1.36. The highest BCUT2D eigenvalue weighted by atomic mass is 19.4. The van der Waals surface area contributed by atoms with Gasteiger partial charge in [0.2, 0.25) is 5.82 Å². The van der Waals surface area contributed by atoms with Crippen LogP contribution < -0.4 is 5.32 Å². The minimum absolute atomic E-state index is 0.158. The second-order valence-electron chi connectivity index (χ2n) is 2.56. The molecule has 0 spiro atoms. The Morgan fingerprint density at radius 3 is 2.71 bits per heavy atom. The Hall–Kier alpha value is -1.60. The van der Waals surface area contributed by atoms with Crippen molar-refractivity contribution in [2.75, 3.05) is 6.54 Å². The van der Waals surface area contributed by atoms with Gasteiger partial charge in [0, 0.05) is 7.05 Å². The number of hydrogen-bond acceptors (Lipinski definition) is 3. The van der Waals surface area contributed by atoms with Crippen molar-refractivity contribution in [3.8, 4) is 0 Å². The van der Waals surface area contributed by atoms with Crippen molar-refractivity contribution in [2.24, 2.45) is 7.05 Å². The molecule has 14 heavy (non-hydrogen) atoms. The predicted molar refractivity (Wildman–Crippen MR) is 39.4 cm³/mol. The summed E-state index contributed by atoms with van der Waals surface area (Å²) >= 11 is 0. The Balaban J connectivity index is 2.56. The second-order valence-corrected chi connectivity index (χ2v) is 2.56. The fraction of sp³-hybridized carbons (Fsp3) is 0.500. The van der Waals surface area contributed by atoms with Crippen molar-refractivity contribution >= 4 is 5.91 Å². The van der Waals surface area contributed by atoms with E-state index in [0.717, 1.165) is 0 Å². The van der Waals surface area contributed by atoms with Gasteiger partial charge in [0.25, 0.3) is 5.91 Å². The smallest absolute Gasteiger partial charge is 0.340 e. The van der Waals surface area contributed by atoms with Crippen LogP contribution in [0.3, 0.4) is 0 Å². The standard InChI is InChI=1S/C6H7F3N4O/c1-13-3-11-12-4(13)5(14)10-2-6(7,8)9/h3H,2H2,1H3,(H,10,14). The van der Waals surface area contributed by atoms with Crippen LogP contribution in [0.4, 0.5) is 13.2 Å². The molecular weight excluding hydrogens is 201 g/mol. The first-order valence-electron chi connectivity index (χ1n) is 3.59. The lowest BCUT2D eigenvalue weighted by molar-refractivity contribution is -0.123. The van der Waals surface area contributed by atoms with Gasteiger partial charge >= 0.3 is 6.18 Å². The van der Waals surface area contributed by atoms with Gasteiger partial charge in [0.15, 0.2) is 0 Å². The van der Waals surface area contributed by atoms with Crippen LogP contribution >= 0.6 is 0 Å². The Morgan fingerprint density at radius 1 is 1.64 bits per heavy atom. The fourth-order valence-corrected chi connectivity index (χ4v) is 0.748. The first-order chi connectivity index (χ1) is 6.40. The summed E-state index contributed by atoms with van der Waals surface area (Å²) in [5.74, 6) is -1.06. The van der Waals surface area contributed by atoms with Gasteiger partial charge in [-0.2, -0.15) is 13.2 Å². The van der Waals surface area contributed by atoms with E-state index in [2.05, 4.69) is 10.2 Å². The highest BCUT2D eigenvalue weighted by Crippen LogP contribution is 2.12. The highest BCUT2D eigenvalue weighted by molar-refractivity contribution is 5.90. The van der Waals surface area contributed by atoms with Crippen molar-refractivity contribution in [3.05, 3.63) is 12.2 Å². The number of aryl methyl sites for hydroxylation is 1. The van der Waals surface area contributed by atoms with Gasteiger partial charge in [-0.05, 0) is 0 Å². The van der Waals surface area contributed by atoms with Crippen molar-refractivity contribution in [1.29, 1.82) is 0 Å². The van der Waals surface area contributed by atoms with Crippen LogP contribution in [0.25, 0.3) is 0 Å². The van der Waals surface area contributed by atoms with E-state index < -0.39 is 18.6 Å². The Bertz CT molecular complexity index is 332. The van der Waals surface area contributed by atoms with Crippen LogP contribution in [-0.2, 0) is 7.05 Å². The van der Waals surface area contributed by atoms with E-state index in [4.69, 9.17) is 0 Å². The molecule has 0 aliphatic heterocycles. The molecule has 0 saturated heterocycles. The Labute approximate surface area is 76.9 Å². The lowest BCUT2D eigenvalue weighted by Crippen LogP contribution is -2.35. The quantitative estimate of drug-likeness (QED) is 0.750. The highest BCUT2D eigenvalue weighted by Gasteiger charge is 2.28. The number of alkyl halides is 3. The molecule has 1 amide bonds. The number of carbonyl (C=O) groups is 1. The van der Waals surface area contributed by atoms with E-state index in [9.17, 15) is 18.0 Å². The lowest BCUT2D eigenvalue weighted by atomic mass is 10.5. The molecule has 1 aromatic heterocycles. The molecule has 1 aromatic rings. The van der Waals surface area contributed by atoms with Gasteiger partial charge in [0.05, 0.1) is 0 Å². The zero-order chi connectivity index (χ0) is 10.8.